The van der Waals surface area contributed by atoms with E-state index < -0.39 is 26.6 Å². The molecule has 0 spiro atoms. The molecule has 3 unspecified atom stereocenters. The molecule has 73 heavy (non-hydrogen) atoms. The van der Waals surface area contributed by atoms with E-state index in [0.29, 0.717) is 23.9 Å². The van der Waals surface area contributed by atoms with Crippen molar-refractivity contribution in [2.24, 2.45) is 0 Å². The number of rotatable bonds is 53. The first kappa shape index (κ1) is 70.2. The summed E-state index contributed by atoms with van der Waals surface area (Å²) < 4.78 is 30.2. The van der Waals surface area contributed by atoms with E-state index in [0.717, 1.165) is 89.9 Å². The molecule has 0 radical (unpaired) electrons. The van der Waals surface area contributed by atoms with Gasteiger partial charge in [-0.1, -0.05) is 215 Å². The Kier molecular flexibility index (Phi) is 50.6. The molecule has 10 heteroatoms. The number of ether oxygens (including phenoxy) is 1. The van der Waals surface area contributed by atoms with Gasteiger partial charge in [0.2, 0.25) is 5.91 Å². The van der Waals surface area contributed by atoms with E-state index in [4.69, 9.17) is 13.8 Å². The van der Waals surface area contributed by atoms with Gasteiger partial charge >= 0.3 is 5.97 Å². The van der Waals surface area contributed by atoms with E-state index >= 15 is 0 Å². The number of hydrogen-bond donors (Lipinski definition) is 1. The summed E-state index contributed by atoms with van der Waals surface area (Å²) in [5.41, 5.74) is 0. The molecule has 0 aliphatic heterocycles. The highest BCUT2D eigenvalue weighted by molar-refractivity contribution is 7.45. The average molecular weight is 1040 g/mol. The first-order valence-electron chi connectivity index (χ1n) is 29.9. The summed E-state index contributed by atoms with van der Waals surface area (Å²) in [6.07, 6.45) is 68.3. The fourth-order valence-corrected chi connectivity index (χ4v) is 8.85. The van der Waals surface area contributed by atoms with Crippen LogP contribution < -0.4 is 10.2 Å². The number of amides is 1. The maximum Gasteiger partial charge on any atom is 0.306 e. The second-order valence-electron chi connectivity index (χ2n) is 21.1. The Balaban J connectivity index is 5.35. The molecule has 1 amide bonds. The molecule has 0 aromatic heterocycles. The van der Waals surface area contributed by atoms with Crippen molar-refractivity contribution in [3.05, 3.63) is 85.1 Å². The Morgan fingerprint density at radius 1 is 0.479 bits per heavy atom. The Labute approximate surface area is 450 Å². The minimum Gasteiger partial charge on any atom is -0.756 e. The molecule has 0 aliphatic rings. The highest BCUT2D eigenvalue weighted by Gasteiger charge is 2.27. The number of quaternary nitrogens is 1. The fourth-order valence-electron chi connectivity index (χ4n) is 8.12. The van der Waals surface area contributed by atoms with Gasteiger partial charge in [0.05, 0.1) is 33.8 Å². The molecule has 0 aliphatic carbocycles. The zero-order valence-corrected chi connectivity index (χ0v) is 49.0. The van der Waals surface area contributed by atoms with Crippen LogP contribution in [-0.4, -0.2) is 69.4 Å². The monoisotopic (exact) mass is 1040 g/mol. The predicted molar refractivity (Wildman–Crippen MR) is 311 cm³/mol. The molecule has 0 saturated heterocycles. The zero-order valence-electron chi connectivity index (χ0n) is 48.1. The molecular formula is C63H113N2O7P. The third-order valence-corrected chi connectivity index (χ3v) is 13.8. The number of allylic oxidation sites excluding steroid dienone is 13. The Morgan fingerprint density at radius 2 is 0.836 bits per heavy atom. The third-order valence-electron chi connectivity index (χ3n) is 12.8. The summed E-state index contributed by atoms with van der Waals surface area (Å²) >= 11 is 0. The van der Waals surface area contributed by atoms with Gasteiger partial charge in [-0.2, -0.15) is 0 Å². The average Bonchev–Trinajstić information content (AvgIpc) is 3.35. The van der Waals surface area contributed by atoms with Crippen LogP contribution >= 0.6 is 7.82 Å². The van der Waals surface area contributed by atoms with E-state index in [9.17, 15) is 19.0 Å². The van der Waals surface area contributed by atoms with Crippen LogP contribution in [0.1, 0.15) is 252 Å². The molecule has 0 bridgehead atoms. The quantitative estimate of drug-likeness (QED) is 0.0212. The zero-order chi connectivity index (χ0) is 53.6. The third kappa shape index (κ3) is 53.8. The largest absolute Gasteiger partial charge is 0.756 e. The molecule has 0 aromatic carbocycles. The second-order valence-corrected chi connectivity index (χ2v) is 22.6. The number of esters is 1. The van der Waals surface area contributed by atoms with E-state index in [-0.39, 0.29) is 31.3 Å². The van der Waals surface area contributed by atoms with Gasteiger partial charge in [0.1, 0.15) is 19.3 Å². The fraction of sp³-hybridized carbons (Fsp3) is 0.746. The molecule has 0 heterocycles. The molecule has 422 valence electrons. The van der Waals surface area contributed by atoms with Crippen LogP contribution in [0, 0.1) is 0 Å². The van der Waals surface area contributed by atoms with E-state index in [2.05, 4.69) is 99.0 Å². The van der Waals surface area contributed by atoms with Crippen LogP contribution in [0.15, 0.2) is 85.1 Å². The maximum atomic E-state index is 13.5. The van der Waals surface area contributed by atoms with Crippen molar-refractivity contribution in [3.8, 4) is 0 Å². The van der Waals surface area contributed by atoms with Gasteiger partial charge in [-0.05, 0) is 109 Å². The number of carbonyl (C=O) groups excluding carboxylic acids is 2. The molecule has 0 aromatic rings. The van der Waals surface area contributed by atoms with Gasteiger partial charge < -0.3 is 28.5 Å². The van der Waals surface area contributed by atoms with Gasteiger partial charge in [-0.3, -0.25) is 14.2 Å². The number of nitrogens with one attached hydrogen (secondary N) is 1. The lowest BCUT2D eigenvalue weighted by atomic mass is 10.1. The lowest BCUT2D eigenvalue weighted by molar-refractivity contribution is -0.870. The van der Waals surface area contributed by atoms with Gasteiger partial charge in [0, 0.05) is 12.8 Å². The number of phosphoric acid groups is 1. The van der Waals surface area contributed by atoms with Gasteiger partial charge in [0.25, 0.3) is 7.82 Å². The van der Waals surface area contributed by atoms with Gasteiger partial charge in [0.15, 0.2) is 0 Å². The number of hydrogen-bond acceptors (Lipinski definition) is 7. The lowest BCUT2D eigenvalue weighted by Gasteiger charge is -2.30. The van der Waals surface area contributed by atoms with Crippen molar-refractivity contribution in [3.63, 3.8) is 0 Å². The number of carbonyl (C=O) groups is 2. The minimum atomic E-state index is -4.71. The molecule has 0 saturated carbocycles. The predicted octanol–water partition coefficient (Wildman–Crippen LogP) is 17.6. The normalized spacial score (nSPS) is 14.3. The minimum absolute atomic E-state index is 0.0336. The van der Waals surface area contributed by atoms with Crippen LogP contribution in [0.3, 0.4) is 0 Å². The Hall–Kier alpha value is -2.81. The smallest absolute Gasteiger partial charge is 0.306 e. The van der Waals surface area contributed by atoms with Crippen molar-refractivity contribution in [1.29, 1.82) is 0 Å². The van der Waals surface area contributed by atoms with Crippen LogP contribution in [0.5, 0.6) is 0 Å². The summed E-state index contributed by atoms with van der Waals surface area (Å²) in [7, 11) is 1.15. The number of likely N-dealkylation sites (N-methyl/N-ethyl adjacent to an activating group) is 1. The molecule has 0 rings (SSSR count). The van der Waals surface area contributed by atoms with Gasteiger partial charge in [-0.25, -0.2) is 0 Å². The van der Waals surface area contributed by atoms with Crippen molar-refractivity contribution in [2.75, 3.05) is 40.9 Å². The SMILES string of the molecule is CCCCC/C=C\C/C=C\C/C=C\C/C=C\CCCCCC(=O)NC(COP(=O)([O-])OCC[N+](C)(C)C)C(/C=C/CCCCCCCCCCC)OC(=O)CCCCCCCCC/C=C\C/C=C\CCCCC. The van der Waals surface area contributed by atoms with Crippen molar-refractivity contribution in [2.45, 2.75) is 264 Å². The van der Waals surface area contributed by atoms with Crippen molar-refractivity contribution >= 4 is 19.7 Å². The molecule has 1 N–H and O–H groups in total. The Morgan fingerprint density at radius 3 is 1.29 bits per heavy atom. The summed E-state index contributed by atoms with van der Waals surface area (Å²) in [6.45, 7) is 6.74. The first-order valence-corrected chi connectivity index (χ1v) is 31.4. The molecule has 9 nitrogen and oxygen atoms in total. The number of nitrogens with zero attached hydrogens (tertiary/aromatic N) is 1. The van der Waals surface area contributed by atoms with Gasteiger partial charge in [-0.15, -0.1) is 0 Å². The molecule has 3 atom stereocenters. The summed E-state index contributed by atoms with van der Waals surface area (Å²) in [4.78, 5) is 39.9. The van der Waals surface area contributed by atoms with Crippen LogP contribution in [0.25, 0.3) is 0 Å². The van der Waals surface area contributed by atoms with Crippen LogP contribution in [0.4, 0.5) is 0 Å². The number of unbranched alkanes of at least 4 members (excludes halogenated alkanes) is 25. The summed E-state index contributed by atoms with van der Waals surface area (Å²) in [6, 6.07) is -0.911. The first-order chi connectivity index (χ1) is 35.4. The summed E-state index contributed by atoms with van der Waals surface area (Å²) in [5, 5.41) is 3.00. The van der Waals surface area contributed by atoms with E-state index in [1.54, 1.807) is 0 Å². The lowest BCUT2D eigenvalue weighted by Crippen LogP contribution is -2.47. The van der Waals surface area contributed by atoms with E-state index in [1.165, 1.54) is 116 Å². The highest BCUT2D eigenvalue weighted by atomic mass is 31.2. The molecular weight excluding hydrogens is 928 g/mol. The second kappa shape index (κ2) is 52.6. The summed E-state index contributed by atoms with van der Waals surface area (Å²) in [5.74, 6) is -0.589. The highest BCUT2D eigenvalue weighted by Crippen LogP contribution is 2.38. The molecule has 0 fully saturated rings. The Bertz CT molecular complexity index is 1530. The topological polar surface area (TPSA) is 114 Å². The van der Waals surface area contributed by atoms with Crippen molar-refractivity contribution in [1.82, 2.24) is 5.32 Å². The van der Waals surface area contributed by atoms with Crippen molar-refractivity contribution < 1.29 is 37.3 Å². The number of phosphoric ester groups is 1. The standard InChI is InChI=1S/C63H113N2O7P/c1-7-10-13-16-19-22-25-27-29-31-32-34-35-37-40-43-46-49-52-55-62(66)64-60(59-71-73(68,69)70-58-57-65(4,5)6)61(54-51-48-45-42-39-24-21-18-15-12-9-3)72-63(67)56-53-50-47-44-41-38-36-33-30-28-26-23-20-17-14-11-8-2/h19-20,22-23,27-30,32,34,37,40,51,54,60-61H,7-18,21,24-26,31,33,35-36,38-39,41-50,52-53,55-59H2,1-6H3,(H-,64,66,68,69)/b22-19-,23-20-,29-27-,30-28-,34-32-,40-37-,54-51+. The van der Waals surface area contributed by atoms with Crippen LogP contribution in [-0.2, 0) is 27.9 Å². The van der Waals surface area contributed by atoms with E-state index in [1.807, 2.05) is 33.3 Å². The van der Waals surface area contributed by atoms with Crippen LogP contribution in [0.2, 0.25) is 0 Å². The maximum absolute atomic E-state index is 13.5.